The average molecular weight is 404 g/mol. The van der Waals surface area contributed by atoms with Crippen molar-refractivity contribution in [3.63, 3.8) is 0 Å². The number of hydrogen-bond acceptors (Lipinski definition) is 4. The largest absolute Gasteiger partial charge is 0.466 e. The third-order valence-electron chi connectivity index (χ3n) is 5.34. The van der Waals surface area contributed by atoms with Gasteiger partial charge in [0.15, 0.2) is 0 Å². The number of benzene rings is 2. The molecule has 154 valence electrons. The Labute approximate surface area is 176 Å². The van der Waals surface area contributed by atoms with Crippen LogP contribution >= 0.6 is 0 Å². The first kappa shape index (κ1) is 20.1. The van der Waals surface area contributed by atoms with Gasteiger partial charge in [-0.1, -0.05) is 29.8 Å². The van der Waals surface area contributed by atoms with Crippen LogP contribution in [-0.4, -0.2) is 17.6 Å². The molecule has 0 radical (unpaired) electrons. The normalized spacial score (nSPS) is 12.5. The zero-order valence-electron chi connectivity index (χ0n) is 17.3. The van der Waals surface area contributed by atoms with Gasteiger partial charge in [-0.05, 0) is 68.5 Å². The minimum atomic E-state index is -0.424. The minimum Gasteiger partial charge on any atom is -0.466 e. The van der Waals surface area contributed by atoms with E-state index in [0.717, 1.165) is 41.9 Å². The van der Waals surface area contributed by atoms with Gasteiger partial charge in [-0.25, -0.2) is 4.39 Å². The SMILES string of the molecule is CCOC(=O)Cc1ccc(Nc2cc(-c3cccc(C)c3)nc3c2CCC3)cc1F. The highest BCUT2D eigenvalue weighted by molar-refractivity contribution is 5.74. The summed E-state index contributed by atoms with van der Waals surface area (Å²) in [6, 6.07) is 15.2. The van der Waals surface area contributed by atoms with Crippen molar-refractivity contribution in [1.82, 2.24) is 4.98 Å². The number of halogens is 1. The van der Waals surface area contributed by atoms with E-state index in [0.29, 0.717) is 11.3 Å². The number of carbonyl (C=O) groups excluding carboxylic acids is 1. The lowest BCUT2D eigenvalue weighted by atomic mass is 10.0. The standard InChI is InChI=1S/C25H25FN2O2/c1-3-30-25(29)13-17-10-11-19(14-21(17)26)27-24-15-23(18-7-4-6-16(2)12-18)28-22-9-5-8-20(22)24/h4,6-7,10-12,14-15H,3,5,8-9,13H2,1-2H3,(H,27,28). The number of anilines is 2. The maximum atomic E-state index is 14.6. The monoisotopic (exact) mass is 404 g/mol. The lowest BCUT2D eigenvalue weighted by Gasteiger charge is -2.15. The molecule has 1 heterocycles. The van der Waals surface area contributed by atoms with Gasteiger partial charge >= 0.3 is 5.97 Å². The molecule has 1 N–H and O–H groups in total. The number of ether oxygens (including phenoxy) is 1. The number of carbonyl (C=O) groups is 1. The Morgan fingerprint density at radius 2 is 2.03 bits per heavy atom. The highest BCUT2D eigenvalue weighted by Gasteiger charge is 2.19. The van der Waals surface area contributed by atoms with Crippen LogP contribution < -0.4 is 5.32 Å². The van der Waals surface area contributed by atoms with E-state index in [9.17, 15) is 9.18 Å². The highest BCUT2D eigenvalue weighted by atomic mass is 19.1. The zero-order valence-corrected chi connectivity index (χ0v) is 17.3. The van der Waals surface area contributed by atoms with E-state index in [1.54, 1.807) is 19.1 Å². The number of rotatable bonds is 6. The third-order valence-corrected chi connectivity index (χ3v) is 5.34. The van der Waals surface area contributed by atoms with Crippen LogP contribution in [0.25, 0.3) is 11.3 Å². The highest BCUT2D eigenvalue weighted by Crippen LogP contribution is 2.34. The molecular weight excluding hydrogens is 379 g/mol. The van der Waals surface area contributed by atoms with Crippen molar-refractivity contribution in [1.29, 1.82) is 0 Å². The van der Waals surface area contributed by atoms with Gasteiger partial charge in [0.25, 0.3) is 0 Å². The Morgan fingerprint density at radius 1 is 1.17 bits per heavy atom. The van der Waals surface area contributed by atoms with Crippen LogP contribution in [0.4, 0.5) is 15.8 Å². The summed E-state index contributed by atoms with van der Waals surface area (Å²) in [6.07, 6.45) is 2.92. The average Bonchev–Trinajstić information content (AvgIpc) is 3.19. The molecule has 1 aromatic heterocycles. The van der Waals surface area contributed by atoms with Gasteiger partial charge in [0.2, 0.25) is 0 Å². The molecule has 0 atom stereocenters. The summed E-state index contributed by atoms with van der Waals surface area (Å²) in [6.45, 7) is 4.09. The molecule has 0 fully saturated rings. The Kier molecular flexibility index (Phi) is 5.79. The molecule has 0 amide bonds. The summed E-state index contributed by atoms with van der Waals surface area (Å²) >= 11 is 0. The van der Waals surface area contributed by atoms with Crippen LogP contribution in [-0.2, 0) is 28.8 Å². The molecule has 30 heavy (non-hydrogen) atoms. The van der Waals surface area contributed by atoms with E-state index in [1.807, 2.05) is 12.1 Å². The molecule has 0 unspecified atom stereocenters. The maximum absolute atomic E-state index is 14.6. The Balaban J connectivity index is 1.63. The predicted molar refractivity (Wildman–Crippen MR) is 116 cm³/mol. The molecule has 0 aliphatic heterocycles. The van der Waals surface area contributed by atoms with Crippen molar-refractivity contribution < 1.29 is 13.9 Å². The molecule has 0 saturated heterocycles. The predicted octanol–water partition coefficient (Wildman–Crippen LogP) is 5.53. The van der Waals surface area contributed by atoms with Crippen LogP contribution in [0.1, 0.15) is 35.7 Å². The number of pyridine rings is 1. The zero-order chi connectivity index (χ0) is 21.1. The number of nitrogens with one attached hydrogen (secondary N) is 1. The lowest BCUT2D eigenvalue weighted by Crippen LogP contribution is -2.09. The fourth-order valence-corrected chi connectivity index (χ4v) is 3.90. The van der Waals surface area contributed by atoms with Gasteiger partial charge in [0.1, 0.15) is 5.82 Å². The number of fused-ring (bicyclic) bond motifs is 1. The molecule has 1 aliphatic rings. The molecule has 3 aromatic rings. The van der Waals surface area contributed by atoms with Crippen LogP contribution in [0.2, 0.25) is 0 Å². The fraction of sp³-hybridized carbons (Fsp3) is 0.280. The number of nitrogens with zero attached hydrogens (tertiary/aromatic N) is 1. The molecule has 0 bridgehead atoms. The molecule has 2 aromatic carbocycles. The van der Waals surface area contributed by atoms with E-state index in [4.69, 9.17) is 9.72 Å². The third kappa shape index (κ3) is 4.35. The van der Waals surface area contributed by atoms with Gasteiger partial charge < -0.3 is 10.1 Å². The van der Waals surface area contributed by atoms with Gasteiger partial charge in [0.05, 0.1) is 18.7 Å². The van der Waals surface area contributed by atoms with Gasteiger partial charge in [-0.3, -0.25) is 9.78 Å². The van der Waals surface area contributed by atoms with Crippen molar-refractivity contribution in [2.24, 2.45) is 0 Å². The van der Waals surface area contributed by atoms with Crippen LogP contribution in [0.5, 0.6) is 0 Å². The van der Waals surface area contributed by atoms with E-state index < -0.39 is 11.8 Å². The molecule has 5 heteroatoms. The Morgan fingerprint density at radius 3 is 2.80 bits per heavy atom. The van der Waals surface area contributed by atoms with E-state index in [-0.39, 0.29) is 13.0 Å². The second kappa shape index (κ2) is 8.66. The topological polar surface area (TPSA) is 51.2 Å². The molecule has 4 rings (SSSR count). The second-order valence-electron chi connectivity index (χ2n) is 7.62. The molecule has 0 spiro atoms. The van der Waals surface area contributed by atoms with Crippen LogP contribution in [0.15, 0.2) is 48.5 Å². The number of esters is 1. The van der Waals surface area contributed by atoms with E-state index in [1.165, 1.54) is 17.2 Å². The van der Waals surface area contributed by atoms with E-state index >= 15 is 0 Å². The van der Waals surface area contributed by atoms with Crippen LogP contribution in [0.3, 0.4) is 0 Å². The van der Waals surface area contributed by atoms with E-state index in [2.05, 4.69) is 30.4 Å². The van der Waals surface area contributed by atoms with Crippen molar-refractivity contribution in [2.45, 2.75) is 39.5 Å². The number of aromatic nitrogens is 1. The maximum Gasteiger partial charge on any atom is 0.310 e. The van der Waals surface area contributed by atoms with Gasteiger partial charge in [-0.15, -0.1) is 0 Å². The lowest BCUT2D eigenvalue weighted by molar-refractivity contribution is -0.142. The first-order valence-electron chi connectivity index (χ1n) is 10.3. The van der Waals surface area contributed by atoms with Gasteiger partial charge in [-0.2, -0.15) is 0 Å². The molecule has 1 aliphatic carbocycles. The summed E-state index contributed by atoms with van der Waals surface area (Å²) in [5.74, 6) is -0.843. The van der Waals surface area contributed by atoms with Crippen molar-refractivity contribution in [3.05, 3.63) is 76.7 Å². The number of hydrogen-bond donors (Lipinski definition) is 1. The van der Waals surface area contributed by atoms with Crippen LogP contribution in [0, 0.1) is 12.7 Å². The molecule has 0 saturated carbocycles. The summed E-state index contributed by atoms with van der Waals surface area (Å²) < 4.78 is 19.5. The quantitative estimate of drug-likeness (QED) is 0.549. The summed E-state index contributed by atoms with van der Waals surface area (Å²) in [5.41, 5.74) is 7.42. The Hall–Kier alpha value is -3.21. The second-order valence-corrected chi connectivity index (χ2v) is 7.62. The summed E-state index contributed by atoms with van der Waals surface area (Å²) in [5, 5.41) is 3.38. The first-order chi connectivity index (χ1) is 14.5. The van der Waals surface area contributed by atoms with Crippen molar-refractivity contribution >= 4 is 17.3 Å². The minimum absolute atomic E-state index is 0.0673. The van der Waals surface area contributed by atoms with Crippen molar-refractivity contribution in [2.75, 3.05) is 11.9 Å². The summed E-state index contributed by atoms with van der Waals surface area (Å²) in [7, 11) is 0. The number of aryl methyl sites for hydroxylation is 2. The smallest absolute Gasteiger partial charge is 0.310 e. The van der Waals surface area contributed by atoms with Gasteiger partial charge in [0, 0.05) is 22.6 Å². The molecular formula is C25H25FN2O2. The Bertz CT molecular complexity index is 1090. The molecule has 4 nitrogen and oxygen atoms in total. The van der Waals surface area contributed by atoms with Crippen molar-refractivity contribution in [3.8, 4) is 11.3 Å². The first-order valence-corrected chi connectivity index (χ1v) is 10.3. The fourth-order valence-electron chi connectivity index (χ4n) is 3.90. The summed E-state index contributed by atoms with van der Waals surface area (Å²) in [4.78, 5) is 16.5.